The van der Waals surface area contributed by atoms with Crippen LogP contribution in [-0.4, -0.2) is 50.0 Å². The molecule has 1 saturated heterocycles. The summed E-state index contributed by atoms with van der Waals surface area (Å²) in [6.45, 7) is 5.07. The van der Waals surface area contributed by atoms with Crippen molar-refractivity contribution < 1.29 is 32.2 Å². The van der Waals surface area contributed by atoms with Gasteiger partial charge in [0.1, 0.15) is 17.4 Å². The minimum atomic E-state index is -4.97. The molecule has 0 unspecified atom stereocenters. The number of rotatable bonds is 7. The van der Waals surface area contributed by atoms with Crippen molar-refractivity contribution in [3.8, 4) is 11.6 Å². The zero-order valence-corrected chi connectivity index (χ0v) is 19.1. The summed E-state index contributed by atoms with van der Waals surface area (Å²) in [5.74, 6) is -2.97. The summed E-state index contributed by atoms with van der Waals surface area (Å²) in [7, 11) is 0. The van der Waals surface area contributed by atoms with E-state index in [0.717, 1.165) is 23.3 Å². The quantitative estimate of drug-likeness (QED) is 0.468. The number of pyridine rings is 1. The van der Waals surface area contributed by atoms with Gasteiger partial charge >= 0.3 is 12.3 Å². The lowest BCUT2D eigenvalue weighted by atomic mass is 9.98. The molecule has 0 amide bonds. The van der Waals surface area contributed by atoms with Crippen LogP contribution in [0.3, 0.4) is 0 Å². The average Bonchev–Trinajstić information content (AvgIpc) is 2.73. The predicted molar refractivity (Wildman–Crippen MR) is 120 cm³/mol. The molecular formula is C23H21F4N5O4. The molecule has 3 heterocycles. The van der Waals surface area contributed by atoms with Crippen LogP contribution >= 0.6 is 0 Å². The number of carboxylic acids is 1. The number of nitrogens with zero attached hydrogens (tertiary/aromatic N) is 4. The van der Waals surface area contributed by atoms with Gasteiger partial charge in [0.15, 0.2) is 5.82 Å². The number of nitrogens with one attached hydrogen (secondary N) is 1. The third-order valence-corrected chi connectivity index (χ3v) is 5.74. The zero-order chi connectivity index (χ0) is 26.2. The number of carbonyl (C=O) groups is 1. The fourth-order valence-corrected chi connectivity index (χ4v) is 3.88. The van der Waals surface area contributed by atoms with Gasteiger partial charge in [0.2, 0.25) is 0 Å². The molecule has 3 aromatic rings. The lowest BCUT2D eigenvalue weighted by Crippen LogP contribution is -2.49. The first kappa shape index (κ1) is 25.1. The van der Waals surface area contributed by atoms with Gasteiger partial charge < -0.3 is 15.2 Å². The van der Waals surface area contributed by atoms with E-state index in [1.54, 1.807) is 13.0 Å². The molecular weight excluding hydrogens is 486 g/mol. The van der Waals surface area contributed by atoms with E-state index in [4.69, 9.17) is 5.11 Å². The first-order valence-corrected chi connectivity index (χ1v) is 10.7. The maximum atomic E-state index is 14.3. The molecule has 13 heteroatoms. The molecule has 0 aliphatic carbocycles. The first-order valence-electron chi connectivity index (χ1n) is 10.7. The van der Waals surface area contributed by atoms with Crippen LogP contribution < -0.4 is 15.6 Å². The Morgan fingerprint density at radius 1 is 1.25 bits per heavy atom. The van der Waals surface area contributed by atoms with Crippen molar-refractivity contribution in [2.75, 3.05) is 18.4 Å². The van der Waals surface area contributed by atoms with Gasteiger partial charge in [0.25, 0.3) is 5.56 Å². The lowest BCUT2D eigenvalue weighted by molar-refractivity contribution is -0.274. The number of carboxylic acid groups (broad SMARTS) is 1. The van der Waals surface area contributed by atoms with E-state index < -0.39 is 29.5 Å². The fourth-order valence-electron chi connectivity index (χ4n) is 3.88. The maximum Gasteiger partial charge on any atom is 0.573 e. The molecule has 36 heavy (non-hydrogen) atoms. The molecule has 9 nitrogen and oxygen atoms in total. The summed E-state index contributed by atoms with van der Waals surface area (Å²) in [4.78, 5) is 34.5. The van der Waals surface area contributed by atoms with Crippen LogP contribution in [-0.2, 0) is 11.3 Å². The summed E-state index contributed by atoms with van der Waals surface area (Å²) in [6.07, 6.45) is -2.28. The van der Waals surface area contributed by atoms with E-state index >= 15 is 0 Å². The second-order valence-corrected chi connectivity index (χ2v) is 8.36. The summed E-state index contributed by atoms with van der Waals surface area (Å²) < 4.78 is 56.3. The van der Waals surface area contributed by atoms with Crippen molar-refractivity contribution in [3.63, 3.8) is 0 Å². The van der Waals surface area contributed by atoms with Gasteiger partial charge in [-0.2, -0.15) is 0 Å². The van der Waals surface area contributed by atoms with Crippen molar-refractivity contribution >= 4 is 17.5 Å². The van der Waals surface area contributed by atoms with Crippen molar-refractivity contribution in [1.82, 2.24) is 19.4 Å². The highest BCUT2D eigenvalue weighted by Gasteiger charge is 2.33. The predicted octanol–water partition coefficient (Wildman–Crippen LogP) is 3.54. The minimum absolute atomic E-state index is 0.262. The Kier molecular flexibility index (Phi) is 6.67. The molecule has 4 rings (SSSR count). The number of halogens is 4. The fraction of sp³-hybridized carbons (Fsp3) is 0.304. The Labute approximate surface area is 202 Å². The Bertz CT molecular complexity index is 1350. The number of hydrogen-bond donors (Lipinski definition) is 2. The van der Waals surface area contributed by atoms with Crippen LogP contribution in [0.4, 0.5) is 29.1 Å². The molecule has 1 fully saturated rings. The van der Waals surface area contributed by atoms with Crippen molar-refractivity contribution in [2.24, 2.45) is 5.92 Å². The largest absolute Gasteiger partial charge is 0.573 e. The molecule has 2 aromatic heterocycles. The van der Waals surface area contributed by atoms with E-state index in [1.807, 2.05) is 11.8 Å². The molecule has 1 aromatic carbocycles. The van der Waals surface area contributed by atoms with E-state index in [-0.39, 0.29) is 17.4 Å². The first-order chi connectivity index (χ1) is 16.9. The molecule has 0 bridgehead atoms. The second kappa shape index (κ2) is 9.57. The van der Waals surface area contributed by atoms with Gasteiger partial charge in [-0.15, -0.1) is 13.2 Å². The molecule has 0 spiro atoms. The van der Waals surface area contributed by atoms with Gasteiger partial charge in [-0.1, -0.05) is 0 Å². The number of ether oxygens (including phenoxy) is 1. The average molecular weight is 507 g/mol. The molecule has 190 valence electrons. The summed E-state index contributed by atoms with van der Waals surface area (Å²) >= 11 is 0. The number of aryl methyl sites for hydroxylation is 2. The SMILES string of the molecule is Cc1cc(-n2ccnc(Nc3ccc(OC(F)(F)F)cc3F)c2=O)nc(C)c1CN1CC(C(=O)O)C1. The van der Waals surface area contributed by atoms with Crippen molar-refractivity contribution in [3.05, 3.63) is 69.7 Å². The third-order valence-electron chi connectivity index (χ3n) is 5.74. The van der Waals surface area contributed by atoms with Crippen molar-refractivity contribution in [2.45, 2.75) is 26.8 Å². The normalized spacial score (nSPS) is 14.4. The number of aromatic nitrogens is 3. The number of benzene rings is 1. The highest BCUT2D eigenvalue weighted by atomic mass is 19.4. The van der Waals surface area contributed by atoms with Crippen LogP contribution in [0, 0.1) is 25.6 Å². The minimum Gasteiger partial charge on any atom is -0.481 e. The molecule has 0 saturated carbocycles. The monoisotopic (exact) mass is 507 g/mol. The molecule has 2 N–H and O–H groups in total. The highest BCUT2D eigenvalue weighted by Crippen LogP contribution is 2.27. The molecule has 0 atom stereocenters. The van der Waals surface area contributed by atoms with Crippen LogP contribution in [0.5, 0.6) is 5.75 Å². The van der Waals surface area contributed by atoms with Gasteiger partial charge in [-0.05, 0) is 43.2 Å². The number of alkyl halides is 3. The number of hydrogen-bond acceptors (Lipinski definition) is 7. The summed E-state index contributed by atoms with van der Waals surface area (Å²) in [5.41, 5.74) is 1.51. The highest BCUT2D eigenvalue weighted by molar-refractivity contribution is 5.71. The van der Waals surface area contributed by atoms with Crippen molar-refractivity contribution in [1.29, 1.82) is 0 Å². The zero-order valence-electron chi connectivity index (χ0n) is 19.1. The van der Waals surface area contributed by atoms with Crippen LogP contribution in [0.1, 0.15) is 16.8 Å². The number of anilines is 2. The number of likely N-dealkylation sites (tertiary alicyclic amines) is 1. The van der Waals surface area contributed by atoms with Gasteiger partial charge in [-0.25, -0.2) is 14.4 Å². The molecule has 0 radical (unpaired) electrons. The van der Waals surface area contributed by atoms with E-state index in [2.05, 4.69) is 20.0 Å². The summed E-state index contributed by atoms with van der Waals surface area (Å²) in [5, 5.41) is 11.5. The maximum absolute atomic E-state index is 14.3. The Hall–Kier alpha value is -4.00. The van der Waals surface area contributed by atoms with Crippen LogP contribution in [0.25, 0.3) is 5.82 Å². The molecule has 1 aliphatic heterocycles. The number of aliphatic carboxylic acids is 1. The van der Waals surface area contributed by atoms with Gasteiger partial charge in [-0.3, -0.25) is 19.1 Å². The Morgan fingerprint density at radius 3 is 2.58 bits per heavy atom. The van der Waals surface area contributed by atoms with Crippen LogP contribution in [0.15, 0.2) is 41.5 Å². The Balaban J connectivity index is 1.55. The second-order valence-electron chi connectivity index (χ2n) is 8.36. The van der Waals surface area contributed by atoms with E-state index in [0.29, 0.717) is 37.2 Å². The van der Waals surface area contributed by atoms with Gasteiger partial charge in [0.05, 0.1) is 11.6 Å². The summed E-state index contributed by atoms with van der Waals surface area (Å²) in [6, 6.07) is 4.15. The molecule has 1 aliphatic rings. The van der Waals surface area contributed by atoms with E-state index in [9.17, 15) is 27.2 Å². The topological polar surface area (TPSA) is 110 Å². The lowest BCUT2D eigenvalue weighted by Gasteiger charge is -2.37. The third kappa shape index (κ3) is 5.46. The standard InChI is InChI=1S/C23H21F4N5O4/c1-12-7-19(29-13(2)16(12)11-31-9-14(10-31)22(34)35)32-6-5-28-20(21(32)33)30-18-4-3-15(8-17(18)24)36-23(25,26)27/h3-8,14H,9-11H2,1-2H3,(H,28,30)(H,34,35). The smallest absolute Gasteiger partial charge is 0.481 e. The van der Waals surface area contributed by atoms with Crippen LogP contribution in [0.2, 0.25) is 0 Å². The van der Waals surface area contributed by atoms with Gasteiger partial charge in [0, 0.05) is 43.8 Å². The van der Waals surface area contributed by atoms with E-state index in [1.165, 1.54) is 17.0 Å². The Morgan fingerprint density at radius 2 is 1.97 bits per heavy atom.